The molecule has 0 fully saturated rings. The van der Waals surface area contributed by atoms with E-state index in [1.54, 1.807) is 10.9 Å². The van der Waals surface area contributed by atoms with E-state index in [1.165, 1.54) is 18.2 Å². The van der Waals surface area contributed by atoms with Gasteiger partial charge < -0.3 is 10.5 Å². The molecule has 0 unspecified atom stereocenters. The van der Waals surface area contributed by atoms with Crippen molar-refractivity contribution >= 4 is 11.4 Å². The Hall–Kier alpha value is -2.57. The summed E-state index contributed by atoms with van der Waals surface area (Å²) >= 11 is 0. The van der Waals surface area contributed by atoms with E-state index in [1.807, 2.05) is 12.3 Å². The first-order valence-electron chi connectivity index (χ1n) is 5.31. The Balaban J connectivity index is 1.95. The van der Waals surface area contributed by atoms with Crippen LogP contribution in [0.15, 0.2) is 36.7 Å². The first-order chi connectivity index (χ1) is 8.66. The van der Waals surface area contributed by atoms with Crippen molar-refractivity contribution in [2.24, 2.45) is 0 Å². The summed E-state index contributed by atoms with van der Waals surface area (Å²) in [4.78, 5) is 10.0. The number of nitro benzene ring substituents is 1. The second kappa shape index (κ2) is 5.17. The number of nitrogen functional groups attached to an aromatic ring is 1. The molecule has 0 spiro atoms. The maximum atomic E-state index is 10.5. The molecule has 0 aliphatic heterocycles. The smallest absolute Gasteiger partial charge is 0.271 e. The number of hydrogen-bond acceptors (Lipinski definition) is 5. The Labute approximate surface area is 103 Å². The van der Waals surface area contributed by atoms with Gasteiger partial charge in [0.1, 0.15) is 12.4 Å². The lowest BCUT2D eigenvalue weighted by molar-refractivity contribution is -0.384. The van der Waals surface area contributed by atoms with Crippen molar-refractivity contribution in [1.82, 2.24) is 9.78 Å². The lowest BCUT2D eigenvalue weighted by Gasteiger charge is -2.08. The van der Waals surface area contributed by atoms with Gasteiger partial charge in [-0.2, -0.15) is 5.10 Å². The molecule has 18 heavy (non-hydrogen) atoms. The van der Waals surface area contributed by atoms with E-state index >= 15 is 0 Å². The molecule has 0 aliphatic carbocycles. The molecule has 7 heteroatoms. The molecular formula is C11H12N4O3. The summed E-state index contributed by atoms with van der Waals surface area (Å²) in [5.41, 5.74) is 5.87. The number of nitrogens with two attached hydrogens (primary N) is 1. The predicted molar refractivity (Wildman–Crippen MR) is 65.2 cm³/mol. The molecule has 0 saturated heterocycles. The average molecular weight is 248 g/mol. The molecule has 2 N–H and O–H groups in total. The molecule has 2 rings (SSSR count). The normalized spacial score (nSPS) is 10.2. The Kier molecular flexibility index (Phi) is 3.42. The third kappa shape index (κ3) is 2.76. The first-order valence-corrected chi connectivity index (χ1v) is 5.31. The van der Waals surface area contributed by atoms with Crippen LogP contribution in [0.3, 0.4) is 0 Å². The van der Waals surface area contributed by atoms with Gasteiger partial charge in [0.15, 0.2) is 0 Å². The van der Waals surface area contributed by atoms with Gasteiger partial charge in [0.2, 0.25) is 0 Å². The average Bonchev–Trinajstić information content (AvgIpc) is 2.84. The third-order valence-electron chi connectivity index (χ3n) is 2.34. The van der Waals surface area contributed by atoms with Gasteiger partial charge in [0, 0.05) is 24.5 Å². The molecule has 94 valence electrons. The summed E-state index contributed by atoms with van der Waals surface area (Å²) in [6.07, 6.45) is 3.50. The summed E-state index contributed by atoms with van der Waals surface area (Å²) < 4.78 is 7.16. The molecule has 0 saturated carbocycles. The molecular weight excluding hydrogens is 236 g/mol. The van der Waals surface area contributed by atoms with Crippen LogP contribution in [-0.4, -0.2) is 21.3 Å². The van der Waals surface area contributed by atoms with Gasteiger partial charge in [-0.15, -0.1) is 0 Å². The molecule has 1 aromatic heterocycles. The minimum Gasteiger partial charge on any atom is -0.489 e. The zero-order valence-corrected chi connectivity index (χ0v) is 9.52. The van der Waals surface area contributed by atoms with Crippen LogP contribution in [0.4, 0.5) is 11.4 Å². The second-order valence-corrected chi connectivity index (χ2v) is 3.60. The van der Waals surface area contributed by atoms with Crippen LogP contribution in [-0.2, 0) is 6.54 Å². The van der Waals surface area contributed by atoms with Crippen molar-refractivity contribution in [3.05, 3.63) is 46.8 Å². The zero-order valence-electron chi connectivity index (χ0n) is 9.52. The van der Waals surface area contributed by atoms with Gasteiger partial charge in [-0.25, -0.2) is 0 Å². The molecule has 0 atom stereocenters. The first kappa shape index (κ1) is 11.9. The van der Waals surface area contributed by atoms with E-state index in [4.69, 9.17) is 10.5 Å². The Morgan fingerprint density at radius 1 is 1.50 bits per heavy atom. The van der Waals surface area contributed by atoms with Gasteiger partial charge in [0.05, 0.1) is 17.2 Å². The Morgan fingerprint density at radius 3 is 2.94 bits per heavy atom. The summed E-state index contributed by atoms with van der Waals surface area (Å²) in [6.45, 7) is 0.979. The minimum atomic E-state index is -0.496. The molecule has 0 radical (unpaired) electrons. The van der Waals surface area contributed by atoms with Crippen molar-refractivity contribution < 1.29 is 9.66 Å². The number of nitro groups is 1. The van der Waals surface area contributed by atoms with Crippen LogP contribution in [0.25, 0.3) is 0 Å². The predicted octanol–water partition coefficient (Wildman–Crippen LogP) is 1.45. The third-order valence-corrected chi connectivity index (χ3v) is 2.34. The number of nitrogens with zero attached hydrogens (tertiary/aromatic N) is 3. The number of anilines is 1. The quantitative estimate of drug-likeness (QED) is 0.490. The highest BCUT2D eigenvalue weighted by Gasteiger charge is 2.09. The fraction of sp³-hybridized carbons (Fsp3) is 0.182. The number of aromatic nitrogens is 2. The summed E-state index contributed by atoms with van der Waals surface area (Å²) in [5.74, 6) is 0.438. The molecule has 0 amide bonds. The van der Waals surface area contributed by atoms with E-state index in [0.29, 0.717) is 18.9 Å². The van der Waals surface area contributed by atoms with Gasteiger partial charge >= 0.3 is 0 Å². The lowest BCUT2D eigenvalue weighted by atomic mass is 10.2. The fourth-order valence-corrected chi connectivity index (χ4v) is 1.46. The zero-order chi connectivity index (χ0) is 13.0. The van der Waals surface area contributed by atoms with Crippen molar-refractivity contribution in [3.63, 3.8) is 0 Å². The molecule has 0 bridgehead atoms. The van der Waals surface area contributed by atoms with Crippen molar-refractivity contribution in [2.45, 2.75) is 6.54 Å². The summed E-state index contributed by atoms with van der Waals surface area (Å²) in [5, 5.41) is 14.6. The van der Waals surface area contributed by atoms with Crippen molar-refractivity contribution in [2.75, 3.05) is 12.3 Å². The van der Waals surface area contributed by atoms with Crippen LogP contribution < -0.4 is 10.5 Å². The van der Waals surface area contributed by atoms with Gasteiger partial charge in [-0.1, -0.05) is 0 Å². The largest absolute Gasteiger partial charge is 0.489 e. The highest BCUT2D eigenvalue weighted by atomic mass is 16.6. The Morgan fingerprint density at radius 2 is 2.33 bits per heavy atom. The second-order valence-electron chi connectivity index (χ2n) is 3.60. The Bertz CT molecular complexity index is 539. The number of hydrogen-bond donors (Lipinski definition) is 1. The van der Waals surface area contributed by atoms with Crippen LogP contribution in [0.5, 0.6) is 5.75 Å². The minimum absolute atomic E-state index is 0.0491. The molecule has 0 aliphatic rings. The van der Waals surface area contributed by atoms with E-state index in [2.05, 4.69) is 5.10 Å². The fourth-order valence-electron chi connectivity index (χ4n) is 1.46. The van der Waals surface area contributed by atoms with Gasteiger partial charge in [0.25, 0.3) is 5.69 Å². The molecule has 1 heterocycles. The monoisotopic (exact) mass is 248 g/mol. The van der Waals surface area contributed by atoms with E-state index in [9.17, 15) is 10.1 Å². The molecule has 7 nitrogen and oxygen atoms in total. The number of benzene rings is 1. The number of rotatable bonds is 5. The van der Waals surface area contributed by atoms with E-state index < -0.39 is 4.92 Å². The maximum Gasteiger partial charge on any atom is 0.271 e. The topological polar surface area (TPSA) is 96.2 Å². The molecule has 2 aromatic rings. The van der Waals surface area contributed by atoms with Crippen LogP contribution in [0.2, 0.25) is 0 Å². The van der Waals surface area contributed by atoms with E-state index in [0.717, 1.165) is 0 Å². The highest BCUT2D eigenvalue weighted by Crippen LogP contribution is 2.26. The van der Waals surface area contributed by atoms with Crippen LogP contribution >= 0.6 is 0 Å². The maximum absolute atomic E-state index is 10.5. The highest BCUT2D eigenvalue weighted by molar-refractivity contribution is 5.58. The van der Waals surface area contributed by atoms with Crippen molar-refractivity contribution in [3.8, 4) is 5.75 Å². The lowest BCUT2D eigenvalue weighted by Crippen LogP contribution is -2.09. The summed E-state index contributed by atoms with van der Waals surface area (Å²) in [7, 11) is 0. The van der Waals surface area contributed by atoms with Crippen LogP contribution in [0.1, 0.15) is 0 Å². The van der Waals surface area contributed by atoms with Crippen LogP contribution in [0, 0.1) is 10.1 Å². The summed E-state index contributed by atoms with van der Waals surface area (Å²) in [6, 6.07) is 5.96. The molecule has 1 aromatic carbocycles. The SMILES string of the molecule is Nc1cc([N+](=O)[O-])ccc1OCCn1cccn1. The van der Waals surface area contributed by atoms with Gasteiger partial charge in [-0.3, -0.25) is 14.8 Å². The number of ether oxygens (including phenoxy) is 1. The standard InChI is InChI=1S/C11H12N4O3/c12-10-8-9(15(16)17)2-3-11(10)18-7-6-14-5-1-4-13-14/h1-5,8H,6-7,12H2. The number of non-ortho nitro benzene ring substituents is 1. The van der Waals surface area contributed by atoms with E-state index in [-0.39, 0.29) is 11.4 Å². The van der Waals surface area contributed by atoms with Crippen molar-refractivity contribution in [1.29, 1.82) is 0 Å². The van der Waals surface area contributed by atoms with Gasteiger partial charge in [-0.05, 0) is 12.1 Å².